The molecule has 92 valence electrons. The summed E-state index contributed by atoms with van der Waals surface area (Å²) in [6, 6.07) is 0.644. The van der Waals surface area contributed by atoms with Crippen LogP contribution in [0.25, 0.3) is 0 Å². The first-order valence-corrected chi connectivity index (χ1v) is 7.39. The van der Waals surface area contributed by atoms with Gasteiger partial charge in [-0.05, 0) is 38.8 Å². The zero-order valence-electron chi connectivity index (χ0n) is 10.4. The number of aliphatic imine (C=N–C) groups is 1. The number of amidine groups is 1. The minimum Gasteiger partial charge on any atom is -0.363 e. The average Bonchev–Trinajstić information content (AvgIpc) is 2.81. The summed E-state index contributed by atoms with van der Waals surface area (Å²) in [5.74, 6) is 1.95. The Morgan fingerprint density at radius 3 is 2.88 bits per heavy atom. The molecule has 1 N–H and O–H groups in total. The van der Waals surface area contributed by atoms with E-state index in [1.54, 1.807) is 0 Å². The van der Waals surface area contributed by atoms with Crippen molar-refractivity contribution in [3.63, 3.8) is 0 Å². The summed E-state index contributed by atoms with van der Waals surface area (Å²) in [4.78, 5) is 7.13. The Kier molecular flexibility index (Phi) is 4.53. The monoisotopic (exact) mass is 241 g/mol. The van der Waals surface area contributed by atoms with E-state index in [0.717, 1.165) is 24.2 Å². The fourth-order valence-corrected chi connectivity index (χ4v) is 3.11. The molecule has 2 rings (SSSR count). The van der Waals surface area contributed by atoms with Crippen molar-refractivity contribution in [2.45, 2.75) is 32.7 Å². The van der Waals surface area contributed by atoms with Crippen LogP contribution in [0.2, 0.25) is 0 Å². The molecule has 4 heteroatoms. The quantitative estimate of drug-likeness (QED) is 0.816. The average molecular weight is 241 g/mol. The number of nitrogens with one attached hydrogen (secondary N) is 1. The van der Waals surface area contributed by atoms with E-state index in [2.05, 4.69) is 29.1 Å². The molecule has 0 saturated carbocycles. The normalized spacial score (nSPS) is 28.9. The van der Waals surface area contributed by atoms with Gasteiger partial charge in [-0.15, -0.1) is 0 Å². The zero-order chi connectivity index (χ0) is 11.4. The molecule has 2 unspecified atom stereocenters. The van der Waals surface area contributed by atoms with Gasteiger partial charge < -0.3 is 5.32 Å². The van der Waals surface area contributed by atoms with Crippen LogP contribution in [0.1, 0.15) is 26.7 Å². The Hall–Kier alpha value is -0.220. The number of hydrogen-bond acceptors (Lipinski definition) is 4. The summed E-state index contributed by atoms with van der Waals surface area (Å²) in [6.07, 6.45) is 2.75. The summed E-state index contributed by atoms with van der Waals surface area (Å²) in [7, 11) is 0. The van der Waals surface area contributed by atoms with Gasteiger partial charge in [-0.25, -0.2) is 0 Å². The molecule has 3 nitrogen and oxygen atoms in total. The van der Waals surface area contributed by atoms with Gasteiger partial charge in [0.1, 0.15) is 0 Å². The lowest BCUT2D eigenvalue weighted by Crippen LogP contribution is -2.40. The number of thioether (sulfide) groups is 1. The van der Waals surface area contributed by atoms with E-state index >= 15 is 0 Å². The lowest BCUT2D eigenvalue weighted by Gasteiger charge is -2.25. The van der Waals surface area contributed by atoms with Crippen molar-refractivity contribution in [1.82, 2.24) is 10.2 Å². The fourth-order valence-electron chi connectivity index (χ4n) is 2.21. The van der Waals surface area contributed by atoms with Gasteiger partial charge in [0.25, 0.3) is 0 Å². The van der Waals surface area contributed by atoms with Gasteiger partial charge in [0.05, 0.1) is 0 Å². The molecule has 2 aliphatic rings. The predicted octanol–water partition coefficient (Wildman–Crippen LogP) is 1.80. The molecule has 2 atom stereocenters. The van der Waals surface area contributed by atoms with Gasteiger partial charge in [-0.2, -0.15) is 0 Å². The SMILES string of the molecule is CC1CN=C(NCC(C)N2CCCC2)SC1. The van der Waals surface area contributed by atoms with Crippen LogP contribution in [0.5, 0.6) is 0 Å². The topological polar surface area (TPSA) is 27.6 Å². The van der Waals surface area contributed by atoms with Gasteiger partial charge in [-0.3, -0.25) is 9.89 Å². The molecule has 2 aliphatic heterocycles. The Labute approximate surface area is 103 Å². The summed E-state index contributed by atoms with van der Waals surface area (Å²) in [5.41, 5.74) is 0. The van der Waals surface area contributed by atoms with Crippen molar-refractivity contribution < 1.29 is 0 Å². The van der Waals surface area contributed by atoms with Crippen LogP contribution in [-0.2, 0) is 0 Å². The zero-order valence-corrected chi connectivity index (χ0v) is 11.2. The van der Waals surface area contributed by atoms with Crippen molar-refractivity contribution >= 4 is 16.9 Å². The van der Waals surface area contributed by atoms with Crippen molar-refractivity contribution in [2.24, 2.45) is 10.9 Å². The minimum atomic E-state index is 0.644. The predicted molar refractivity (Wildman–Crippen MR) is 72.2 cm³/mol. The minimum absolute atomic E-state index is 0.644. The summed E-state index contributed by atoms with van der Waals surface area (Å²) in [6.45, 7) is 9.17. The van der Waals surface area contributed by atoms with E-state index < -0.39 is 0 Å². The van der Waals surface area contributed by atoms with E-state index in [-0.39, 0.29) is 0 Å². The first kappa shape index (κ1) is 12.2. The molecule has 0 radical (unpaired) electrons. The molecule has 0 aromatic heterocycles. The van der Waals surface area contributed by atoms with E-state index in [0.29, 0.717) is 6.04 Å². The maximum absolute atomic E-state index is 4.56. The van der Waals surface area contributed by atoms with Crippen LogP contribution in [0.3, 0.4) is 0 Å². The highest BCUT2D eigenvalue weighted by Crippen LogP contribution is 2.16. The van der Waals surface area contributed by atoms with E-state index in [9.17, 15) is 0 Å². The number of likely N-dealkylation sites (tertiary alicyclic amines) is 1. The third kappa shape index (κ3) is 3.39. The highest BCUT2D eigenvalue weighted by molar-refractivity contribution is 8.13. The molecule has 2 heterocycles. The molecule has 1 fully saturated rings. The molecule has 0 spiro atoms. The second-order valence-electron chi connectivity index (χ2n) is 5.04. The van der Waals surface area contributed by atoms with Gasteiger partial charge in [0.2, 0.25) is 0 Å². The first-order chi connectivity index (χ1) is 7.75. The largest absolute Gasteiger partial charge is 0.363 e. The second-order valence-corrected chi connectivity index (χ2v) is 6.04. The van der Waals surface area contributed by atoms with Crippen LogP contribution >= 0.6 is 11.8 Å². The number of rotatable bonds is 3. The number of nitrogens with zero attached hydrogens (tertiary/aromatic N) is 2. The van der Waals surface area contributed by atoms with Gasteiger partial charge in [-0.1, -0.05) is 18.7 Å². The van der Waals surface area contributed by atoms with Crippen molar-refractivity contribution in [3.8, 4) is 0 Å². The van der Waals surface area contributed by atoms with Crippen LogP contribution < -0.4 is 5.32 Å². The Morgan fingerprint density at radius 2 is 2.25 bits per heavy atom. The van der Waals surface area contributed by atoms with E-state index in [1.807, 2.05) is 11.8 Å². The first-order valence-electron chi connectivity index (χ1n) is 6.41. The van der Waals surface area contributed by atoms with E-state index in [1.165, 1.54) is 31.7 Å². The van der Waals surface area contributed by atoms with E-state index in [4.69, 9.17) is 0 Å². The molecular formula is C12H23N3S. The third-order valence-electron chi connectivity index (χ3n) is 3.36. The second kappa shape index (κ2) is 5.92. The number of hydrogen-bond donors (Lipinski definition) is 1. The summed E-state index contributed by atoms with van der Waals surface area (Å²) in [5, 5.41) is 4.65. The molecule has 0 aromatic rings. The van der Waals surface area contributed by atoms with Crippen LogP contribution in [0.15, 0.2) is 4.99 Å². The molecule has 16 heavy (non-hydrogen) atoms. The molecule has 0 amide bonds. The molecule has 0 bridgehead atoms. The Morgan fingerprint density at radius 1 is 1.50 bits per heavy atom. The standard InChI is InChI=1S/C12H23N3S/c1-10-7-13-12(16-9-10)14-8-11(2)15-5-3-4-6-15/h10-11H,3-9H2,1-2H3,(H,13,14). The molecule has 0 aromatic carbocycles. The van der Waals surface area contributed by atoms with Gasteiger partial charge >= 0.3 is 0 Å². The lowest BCUT2D eigenvalue weighted by atomic mass is 10.2. The highest BCUT2D eigenvalue weighted by Gasteiger charge is 2.18. The van der Waals surface area contributed by atoms with Crippen LogP contribution in [0, 0.1) is 5.92 Å². The molecule has 0 aliphatic carbocycles. The lowest BCUT2D eigenvalue weighted by molar-refractivity contribution is 0.259. The summed E-state index contributed by atoms with van der Waals surface area (Å²) >= 11 is 1.88. The molecular weight excluding hydrogens is 218 g/mol. The molecule has 1 saturated heterocycles. The highest BCUT2D eigenvalue weighted by atomic mass is 32.2. The maximum Gasteiger partial charge on any atom is 0.156 e. The Balaban J connectivity index is 1.70. The van der Waals surface area contributed by atoms with Crippen LogP contribution in [0.4, 0.5) is 0 Å². The Bertz CT molecular complexity index is 249. The van der Waals surface area contributed by atoms with Crippen molar-refractivity contribution in [3.05, 3.63) is 0 Å². The van der Waals surface area contributed by atoms with Crippen LogP contribution in [-0.4, -0.2) is 48.0 Å². The smallest absolute Gasteiger partial charge is 0.156 e. The maximum atomic E-state index is 4.56. The fraction of sp³-hybridized carbons (Fsp3) is 0.917. The van der Waals surface area contributed by atoms with Crippen molar-refractivity contribution in [1.29, 1.82) is 0 Å². The van der Waals surface area contributed by atoms with Gasteiger partial charge in [0, 0.05) is 24.9 Å². The third-order valence-corrected chi connectivity index (χ3v) is 4.65. The summed E-state index contributed by atoms with van der Waals surface area (Å²) < 4.78 is 0. The van der Waals surface area contributed by atoms with Gasteiger partial charge in [0.15, 0.2) is 5.17 Å². The van der Waals surface area contributed by atoms with Crippen molar-refractivity contribution in [2.75, 3.05) is 31.9 Å².